The average Bonchev–Trinajstić information content (AvgIpc) is 3.69. The molecule has 4 heterocycles. The van der Waals surface area contributed by atoms with Gasteiger partial charge in [-0.15, -0.1) is 11.3 Å². The van der Waals surface area contributed by atoms with Crippen molar-refractivity contribution >= 4 is 50.8 Å². The largest absolute Gasteiger partial charge is 0.399 e. The smallest absolute Gasteiger partial charge is 0.252 e. The van der Waals surface area contributed by atoms with Crippen LogP contribution in [-0.2, 0) is 19.1 Å². The monoisotopic (exact) mass is 677 g/mol. The lowest BCUT2D eigenvalue weighted by Crippen LogP contribution is -2.56. The molecule has 1 atom stereocenters. The number of fused-ring (bicyclic) bond motifs is 1. The fourth-order valence-corrected chi connectivity index (χ4v) is 7.58. The summed E-state index contributed by atoms with van der Waals surface area (Å²) < 4.78 is 6.88. The van der Waals surface area contributed by atoms with Gasteiger partial charge in [0, 0.05) is 73.5 Å². The predicted molar refractivity (Wildman–Crippen MR) is 192 cm³/mol. The van der Waals surface area contributed by atoms with E-state index in [-0.39, 0.29) is 37.3 Å². The number of amides is 3. The van der Waals surface area contributed by atoms with Crippen LogP contribution in [0, 0.1) is 0 Å². The number of likely N-dealkylation sites (tertiary alicyclic amines) is 1. The predicted octanol–water partition coefficient (Wildman–Crippen LogP) is 4.81. The van der Waals surface area contributed by atoms with E-state index in [9.17, 15) is 14.4 Å². The van der Waals surface area contributed by atoms with Crippen molar-refractivity contribution in [2.45, 2.75) is 31.7 Å². The van der Waals surface area contributed by atoms with E-state index in [2.05, 4.69) is 46.7 Å². The number of nitrogens with two attached hydrogens (primary N) is 1. The third-order valence-corrected chi connectivity index (χ3v) is 10.3. The van der Waals surface area contributed by atoms with Crippen LogP contribution in [0.4, 0.5) is 11.5 Å². The van der Waals surface area contributed by atoms with Gasteiger partial charge in [-0.1, -0.05) is 30.3 Å². The molecule has 2 aromatic heterocycles. The topological polar surface area (TPSA) is 134 Å². The number of thiazole rings is 1. The summed E-state index contributed by atoms with van der Waals surface area (Å²) in [5.74, 6) is 0.219. The lowest BCUT2D eigenvalue weighted by molar-refractivity contribution is -0.156. The van der Waals surface area contributed by atoms with Crippen molar-refractivity contribution in [1.29, 1.82) is 0 Å². The summed E-state index contributed by atoms with van der Waals surface area (Å²) in [5, 5.41) is 4.35. The van der Waals surface area contributed by atoms with E-state index in [4.69, 9.17) is 15.5 Å². The summed E-state index contributed by atoms with van der Waals surface area (Å²) in [6.45, 7) is 1.66. The number of hydrogen-bond acceptors (Lipinski definition) is 10. The van der Waals surface area contributed by atoms with Gasteiger partial charge >= 0.3 is 0 Å². The van der Waals surface area contributed by atoms with Gasteiger partial charge in [0.15, 0.2) is 0 Å². The molecule has 0 bridgehead atoms. The van der Waals surface area contributed by atoms with Crippen LogP contribution in [0.15, 0.2) is 83.7 Å². The third kappa shape index (κ3) is 6.66. The maximum absolute atomic E-state index is 13.3. The van der Waals surface area contributed by atoms with Gasteiger partial charge in [-0.05, 0) is 55.2 Å². The van der Waals surface area contributed by atoms with Gasteiger partial charge in [0.25, 0.3) is 11.8 Å². The van der Waals surface area contributed by atoms with Crippen molar-refractivity contribution in [2.75, 3.05) is 57.2 Å². The number of imide groups is 1. The minimum Gasteiger partial charge on any atom is -0.399 e. The maximum atomic E-state index is 13.3. The van der Waals surface area contributed by atoms with Crippen molar-refractivity contribution in [3.8, 4) is 21.7 Å². The van der Waals surface area contributed by atoms with Crippen LogP contribution < -0.4 is 16.0 Å². The van der Waals surface area contributed by atoms with E-state index < -0.39 is 6.04 Å². The van der Waals surface area contributed by atoms with Gasteiger partial charge in [-0.2, -0.15) is 0 Å². The molecule has 1 unspecified atom stereocenters. The highest BCUT2D eigenvalue weighted by Crippen LogP contribution is 2.35. The van der Waals surface area contributed by atoms with Gasteiger partial charge in [0.1, 0.15) is 16.9 Å². The molecule has 0 spiro atoms. The summed E-state index contributed by atoms with van der Waals surface area (Å²) >= 11 is 1.64. The van der Waals surface area contributed by atoms with E-state index in [0.717, 1.165) is 55.4 Å². The SMILES string of the molecule is CN(C)c1ccc(-c2ccc(-c3nc4ccc(NCCOCCN5C(=O)CCC(N6CC7=C(CCC=C7N)C6=O)C5=O)cc4s3)cc2)cn1. The first-order chi connectivity index (χ1) is 23.8. The average molecular weight is 678 g/mol. The minimum atomic E-state index is -0.657. The normalized spacial score (nSPS) is 18.0. The van der Waals surface area contributed by atoms with Crippen LogP contribution in [-0.4, -0.2) is 90.5 Å². The molecule has 1 aliphatic carbocycles. The second kappa shape index (κ2) is 13.8. The molecular formula is C37H39N7O4S. The Labute approximate surface area is 289 Å². The van der Waals surface area contributed by atoms with Crippen molar-refractivity contribution in [1.82, 2.24) is 19.8 Å². The molecule has 1 fully saturated rings. The highest BCUT2D eigenvalue weighted by atomic mass is 32.1. The minimum absolute atomic E-state index is 0.136. The fourth-order valence-electron chi connectivity index (χ4n) is 6.57. The third-order valence-electron chi connectivity index (χ3n) is 9.27. The highest BCUT2D eigenvalue weighted by Gasteiger charge is 2.43. The quantitative estimate of drug-likeness (QED) is 0.169. The Balaban J connectivity index is 0.885. The molecule has 7 rings (SSSR count). The number of carbonyl (C=O) groups excluding carboxylic acids is 3. The van der Waals surface area contributed by atoms with Gasteiger partial charge in [0.2, 0.25) is 5.91 Å². The first kappa shape index (κ1) is 32.5. The zero-order valence-electron chi connectivity index (χ0n) is 27.6. The Bertz CT molecular complexity index is 1970. The second-order valence-corrected chi connectivity index (χ2v) is 13.7. The standard InChI is InChI=1S/C37H39N7O4S/c1-42(2)33-14-10-25(21-40-33)23-6-8-24(9-7-23)35-41-30-12-11-26(20-32(30)49-35)39-16-18-48-19-17-43-34(45)15-13-31(37(43)47)44-22-28-27(36(44)46)4-3-5-29(28)38/h5-12,14,20-21,31,39H,3-4,13,15-19,22,38H2,1-2H3. The molecule has 2 aromatic carbocycles. The van der Waals surface area contributed by atoms with Gasteiger partial charge in [-0.3, -0.25) is 19.3 Å². The van der Waals surface area contributed by atoms with E-state index in [1.807, 2.05) is 49.5 Å². The molecule has 3 amide bonds. The lowest BCUT2D eigenvalue weighted by Gasteiger charge is -2.35. The molecule has 4 aromatic rings. The van der Waals surface area contributed by atoms with E-state index in [1.165, 1.54) is 4.90 Å². The number of anilines is 2. The van der Waals surface area contributed by atoms with Gasteiger partial charge in [0.05, 0.1) is 30.0 Å². The number of pyridine rings is 1. The number of hydrogen-bond donors (Lipinski definition) is 2. The zero-order valence-corrected chi connectivity index (χ0v) is 28.5. The van der Waals surface area contributed by atoms with Crippen molar-refractivity contribution in [3.05, 3.63) is 83.7 Å². The summed E-state index contributed by atoms with van der Waals surface area (Å²) in [4.78, 5) is 53.2. The Morgan fingerprint density at radius 3 is 2.53 bits per heavy atom. The molecule has 1 saturated heterocycles. The molecule has 0 saturated carbocycles. The van der Waals surface area contributed by atoms with Crippen LogP contribution in [0.5, 0.6) is 0 Å². The molecule has 11 nitrogen and oxygen atoms in total. The van der Waals surface area contributed by atoms with Crippen molar-refractivity contribution < 1.29 is 19.1 Å². The number of nitrogens with zero attached hydrogens (tertiary/aromatic N) is 5. The fraction of sp³-hybridized carbons (Fsp3) is 0.324. The number of allylic oxidation sites excluding steroid dienone is 1. The Morgan fingerprint density at radius 1 is 0.980 bits per heavy atom. The molecule has 3 N–H and O–H groups in total. The van der Waals surface area contributed by atoms with Crippen LogP contribution in [0.3, 0.4) is 0 Å². The number of ether oxygens (including phenoxy) is 1. The Hall–Kier alpha value is -5.07. The molecule has 2 aliphatic heterocycles. The zero-order chi connectivity index (χ0) is 34.1. The molecule has 0 radical (unpaired) electrons. The summed E-state index contributed by atoms with van der Waals surface area (Å²) in [6, 6.07) is 17.9. The maximum Gasteiger partial charge on any atom is 0.252 e. The highest BCUT2D eigenvalue weighted by molar-refractivity contribution is 7.21. The molecule has 12 heteroatoms. The first-order valence-electron chi connectivity index (χ1n) is 16.6. The number of benzene rings is 2. The number of nitrogens with one attached hydrogen (secondary N) is 1. The van der Waals surface area contributed by atoms with Crippen LogP contribution in [0.25, 0.3) is 31.9 Å². The number of piperidine rings is 1. The van der Waals surface area contributed by atoms with E-state index >= 15 is 0 Å². The van der Waals surface area contributed by atoms with Gasteiger partial charge in [-0.25, -0.2) is 9.97 Å². The van der Waals surface area contributed by atoms with Crippen LogP contribution >= 0.6 is 11.3 Å². The molecule has 252 valence electrons. The summed E-state index contributed by atoms with van der Waals surface area (Å²) in [6.07, 6.45) is 5.73. The number of aromatic nitrogens is 2. The van der Waals surface area contributed by atoms with Crippen molar-refractivity contribution in [3.63, 3.8) is 0 Å². The van der Waals surface area contributed by atoms with Crippen molar-refractivity contribution in [2.24, 2.45) is 5.73 Å². The molecule has 3 aliphatic rings. The van der Waals surface area contributed by atoms with Crippen LogP contribution in [0.1, 0.15) is 25.7 Å². The molecular weight excluding hydrogens is 639 g/mol. The summed E-state index contributed by atoms with van der Waals surface area (Å²) in [5.41, 5.74) is 13.4. The number of carbonyl (C=O) groups is 3. The van der Waals surface area contributed by atoms with E-state index in [0.29, 0.717) is 43.8 Å². The molecule has 49 heavy (non-hydrogen) atoms. The Morgan fingerprint density at radius 2 is 1.78 bits per heavy atom. The number of rotatable bonds is 11. The summed E-state index contributed by atoms with van der Waals surface area (Å²) in [7, 11) is 3.95. The first-order valence-corrected chi connectivity index (χ1v) is 17.4. The lowest BCUT2D eigenvalue weighted by atomic mass is 9.97. The van der Waals surface area contributed by atoms with E-state index in [1.54, 1.807) is 16.2 Å². The van der Waals surface area contributed by atoms with Crippen LogP contribution in [0.2, 0.25) is 0 Å². The second-order valence-electron chi connectivity index (χ2n) is 12.6. The van der Waals surface area contributed by atoms with Gasteiger partial charge < -0.3 is 25.6 Å². The Kier molecular flexibility index (Phi) is 9.15.